The molecule has 0 bridgehead atoms. The zero-order valence-corrected chi connectivity index (χ0v) is 12.6. The van der Waals surface area contributed by atoms with Crippen LogP contribution in [0.15, 0.2) is 0 Å². The smallest absolute Gasteiger partial charge is 0.110 e. The Labute approximate surface area is 114 Å². The first-order valence-electron chi connectivity index (χ1n) is 6.84. The predicted molar refractivity (Wildman–Crippen MR) is 76.0 cm³/mol. The van der Waals surface area contributed by atoms with Gasteiger partial charge in [0.1, 0.15) is 5.01 Å². The van der Waals surface area contributed by atoms with E-state index >= 15 is 0 Å². The van der Waals surface area contributed by atoms with Crippen LogP contribution in [0.2, 0.25) is 0 Å². The number of aromatic nitrogens is 1. The number of hydrogen-bond acceptors (Lipinski definition) is 4. The zero-order chi connectivity index (χ0) is 13.3. The van der Waals surface area contributed by atoms with Crippen molar-refractivity contribution in [1.82, 2.24) is 10.3 Å². The lowest BCUT2D eigenvalue weighted by molar-refractivity contribution is 0.0122. The quantitative estimate of drug-likeness (QED) is 0.863. The highest BCUT2D eigenvalue weighted by molar-refractivity contribution is 7.11. The molecule has 1 aromatic heterocycles. The Morgan fingerprint density at radius 2 is 2.11 bits per heavy atom. The third-order valence-electron chi connectivity index (χ3n) is 3.99. The van der Waals surface area contributed by atoms with E-state index in [1.54, 1.807) is 0 Å². The molecular formula is C14H24N2OS. The van der Waals surface area contributed by atoms with Gasteiger partial charge in [-0.2, -0.15) is 0 Å². The van der Waals surface area contributed by atoms with Gasteiger partial charge in [-0.05, 0) is 39.0 Å². The molecular weight excluding hydrogens is 244 g/mol. The minimum Gasteiger partial charge on any atom is -0.389 e. The second kappa shape index (κ2) is 5.27. The van der Waals surface area contributed by atoms with Gasteiger partial charge in [0, 0.05) is 11.4 Å². The van der Waals surface area contributed by atoms with E-state index in [1.165, 1.54) is 28.4 Å². The molecule has 0 saturated heterocycles. The molecule has 0 fully saturated rings. The highest BCUT2D eigenvalue weighted by Crippen LogP contribution is 2.30. The predicted octanol–water partition coefficient (Wildman–Crippen LogP) is 2.69. The number of rotatable bonds is 5. The maximum absolute atomic E-state index is 10.2. The first-order valence-corrected chi connectivity index (χ1v) is 7.66. The van der Waals surface area contributed by atoms with E-state index in [2.05, 4.69) is 12.2 Å². The maximum atomic E-state index is 10.2. The summed E-state index contributed by atoms with van der Waals surface area (Å²) in [6.07, 6.45) is 3.60. The van der Waals surface area contributed by atoms with Gasteiger partial charge < -0.3 is 10.4 Å². The van der Waals surface area contributed by atoms with Crippen molar-refractivity contribution < 1.29 is 5.11 Å². The number of fused-ring (bicyclic) bond motifs is 1. The average molecular weight is 268 g/mol. The fraction of sp³-hybridized carbons (Fsp3) is 0.786. The van der Waals surface area contributed by atoms with Gasteiger partial charge in [-0.3, -0.25) is 0 Å². The van der Waals surface area contributed by atoms with Crippen molar-refractivity contribution in [3.05, 3.63) is 15.6 Å². The van der Waals surface area contributed by atoms with Gasteiger partial charge in [0.2, 0.25) is 0 Å². The van der Waals surface area contributed by atoms with Crippen molar-refractivity contribution in [2.75, 3.05) is 6.54 Å². The van der Waals surface area contributed by atoms with Gasteiger partial charge >= 0.3 is 0 Å². The molecule has 18 heavy (non-hydrogen) atoms. The Bertz CT molecular complexity index is 390. The lowest BCUT2D eigenvalue weighted by atomic mass is 9.92. The summed E-state index contributed by atoms with van der Waals surface area (Å²) in [5.41, 5.74) is 0.646. The van der Waals surface area contributed by atoms with Gasteiger partial charge in [0.15, 0.2) is 0 Å². The van der Waals surface area contributed by atoms with Crippen LogP contribution in [-0.2, 0) is 12.8 Å². The Kier molecular flexibility index (Phi) is 4.09. The average Bonchev–Trinajstić information content (AvgIpc) is 2.85. The van der Waals surface area contributed by atoms with Gasteiger partial charge in [-0.1, -0.05) is 13.8 Å². The van der Waals surface area contributed by atoms with E-state index in [0.717, 1.165) is 6.42 Å². The zero-order valence-electron chi connectivity index (χ0n) is 11.8. The largest absolute Gasteiger partial charge is 0.389 e. The maximum Gasteiger partial charge on any atom is 0.110 e. The molecule has 0 radical (unpaired) electrons. The van der Waals surface area contributed by atoms with Crippen LogP contribution in [0.25, 0.3) is 0 Å². The van der Waals surface area contributed by atoms with Crippen molar-refractivity contribution in [2.24, 2.45) is 5.92 Å². The van der Waals surface area contributed by atoms with E-state index in [0.29, 0.717) is 6.54 Å². The summed E-state index contributed by atoms with van der Waals surface area (Å²) < 4.78 is 0. The summed E-state index contributed by atoms with van der Waals surface area (Å²) in [6, 6.07) is 0.228. The second-order valence-corrected chi connectivity index (χ2v) is 7.01. The van der Waals surface area contributed by atoms with Crippen LogP contribution >= 0.6 is 11.3 Å². The van der Waals surface area contributed by atoms with Gasteiger partial charge in [-0.25, -0.2) is 4.98 Å². The van der Waals surface area contributed by atoms with E-state index in [1.807, 2.05) is 32.1 Å². The molecule has 1 aromatic rings. The van der Waals surface area contributed by atoms with Crippen molar-refractivity contribution in [3.63, 3.8) is 0 Å². The van der Waals surface area contributed by atoms with E-state index in [9.17, 15) is 5.11 Å². The number of hydrogen-bond donors (Lipinski definition) is 2. The van der Waals surface area contributed by atoms with E-state index in [4.69, 9.17) is 4.98 Å². The lowest BCUT2D eigenvalue weighted by Crippen LogP contribution is -2.42. The topological polar surface area (TPSA) is 45.1 Å². The van der Waals surface area contributed by atoms with Crippen LogP contribution in [-0.4, -0.2) is 22.2 Å². The molecule has 3 nitrogen and oxygen atoms in total. The second-order valence-electron chi connectivity index (χ2n) is 5.89. The van der Waals surface area contributed by atoms with Crippen molar-refractivity contribution in [3.8, 4) is 0 Å². The normalized spacial score (nSPS) is 19.9. The molecule has 0 spiro atoms. The van der Waals surface area contributed by atoms with Crippen molar-refractivity contribution >= 4 is 11.3 Å². The molecule has 2 atom stereocenters. The number of thiazole rings is 1. The molecule has 1 aliphatic rings. The van der Waals surface area contributed by atoms with Crippen molar-refractivity contribution in [2.45, 2.75) is 58.6 Å². The van der Waals surface area contributed by atoms with Crippen molar-refractivity contribution in [1.29, 1.82) is 0 Å². The van der Waals surface area contributed by atoms with E-state index < -0.39 is 5.60 Å². The highest BCUT2D eigenvalue weighted by Gasteiger charge is 2.26. The lowest BCUT2D eigenvalue weighted by Gasteiger charge is -2.29. The number of aliphatic hydroxyl groups is 1. The molecule has 1 heterocycles. The summed E-state index contributed by atoms with van der Waals surface area (Å²) in [7, 11) is 0. The van der Waals surface area contributed by atoms with Crippen LogP contribution in [0.5, 0.6) is 0 Å². The Morgan fingerprint density at radius 3 is 2.72 bits per heavy atom. The molecule has 0 amide bonds. The fourth-order valence-corrected chi connectivity index (χ4v) is 3.23. The molecule has 102 valence electrons. The Hall–Kier alpha value is -0.450. The Morgan fingerprint density at radius 1 is 1.39 bits per heavy atom. The summed E-state index contributed by atoms with van der Waals surface area (Å²) >= 11 is 1.83. The number of nitrogens with one attached hydrogen (secondary N) is 1. The van der Waals surface area contributed by atoms with Gasteiger partial charge in [0.25, 0.3) is 0 Å². The van der Waals surface area contributed by atoms with Crippen LogP contribution in [0, 0.1) is 5.92 Å². The molecule has 4 heteroatoms. The number of aryl methyl sites for hydroxylation is 2. The first-order chi connectivity index (χ1) is 8.40. The molecule has 0 aliphatic heterocycles. The Balaban J connectivity index is 1.93. The third kappa shape index (κ3) is 2.92. The number of nitrogens with zero attached hydrogens (tertiary/aromatic N) is 1. The summed E-state index contributed by atoms with van der Waals surface area (Å²) in [6.45, 7) is 8.72. The standard InChI is InChI=1S/C14H24N2OS/c1-9(2)14(4,17)8-15-10(3)13-16-11-6-5-7-12(11)18-13/h9-10,15,17H,5-8H2,1-4H3. The summed E-state index contributed by atoms with van der Waals surface area (Å²) in [5.74, 6) is 0.249. The molecule has 2 unspecified atom stereocenters. The van der Waals surface area contributed by atoms with Gasteiger partial charge in [-0.15, -0.1) is 11.3 Å². The summed E-state index contributed by atoms with van der Waals surface area (Å²) in [4.78, 5) is 6.18. The first kappa shape index (κ1) is 14.0. The molecule has 2 rings (SSSR count). The SMILES string of the molecule is CC(NCC(C)(O)C(C)C)c1nc2c(s1)CCC2. The fourth-order valence-electron chi connectivity index (χ4n) is 2.05. The van der Waals surface area contributed by atoms with E-state index in [-0.39, 0.29) is 12.0 Å². The monoisotopic (exact) mass is 268 g/mol. The minimum atomic E-state index is -0.658. The highest BCUT2D eigenvalue weighted by atomic mass is 32.1. The molecule has 0 aromatic carbocycles. The summed E-state index contributed by atoms with van der Waals surface area (Å²) in [5, 5.41) is 14.8. The van der Waals surface area contributed by atoms with Crippen LogP contribution in [0.1, 0.15) is 55.7 Å². The molecule has 0 saturated carbocycles. The van der Waals surface area contributed by atoms with Crippen LogP contribution < -0.4 is 5.32 Å². The van der Waals surface area contributed by atoms with Crippen LogP contribution in [0.3, 0.4) is 0 Å². The minimum absolute atomic E-state index is 0.228. The van der Waals surface area contributed by atoms with Crippen LogP contribution in [0.4, 0.5) is 0 Å². The third-order valence-corrected chi connectivity index (χ3v) is 5.33. The molecule has 2 N–H and O–H groups in total. The molecule has 1 aliphatic carbocycles. The van der Waals surface area contributed by atoms with Gasteiger partial charge in [0.05, 0.1) is 17.3 Å².